The van der Waals surface area contributed by atoms with Gasteiger partial charge in [-0.05, 0) is 37.5 Å². The van der Waals surface area contributed by atoms with Crippen LogP contribution < -0.4 is 10.1 Å². The van der Waals surface area contributed by atoms with Crippen molar-refractivity contribution in [3.05, 3.63) is 35.4 Å². The van der Waals surface area contributed by atoms with Gasteiger partial charge in [0.25, 0.3) is 0 Å². The van der Waals surface area contributed by atoms with Crippen LogP contribution >= 0.6 is 11.6 Å². The number of hydrogen-bond acceptors (Lipinski definition) is 2. The molecule has 1 N–H and O–H groups in total. The fourth-order valence-electron chi connectivity index (χ4n) is 2.02. The van der Waals surface area contributed by atoms with E-state index in [2.05, 4.69) is 17.5 Å². The molecule has 1 atom stereocenters. The molecule has 0 bridgehead atoms. The summed E-state index contributed by atoms with van der Waals surface area (Å²) in [6.07, 6.45) is 6.88. The first-order chi connectivity index (χ1) is 8.70. The predicted octanol–water partition coefficient (Wildman–Crippen LogP) is 3.64. The molecule has 0 aromatic heterocycles. The van der Waals surface area contributed by atoms with E-state index in [0.717, 1.165) is 19.3 Å². The Labute approximate surface area is 112 Å². The maximum absolute atomic E-state index is 12.0. The molecule has 0 radical (unpaired) electrons. The number of hydrogen-bond donors (Lipinski definition) is 1. The van der Waals surface area contributed by atoms with Crippen molar-refractivity contribution in [3.8, 4) is 5.75 Å². The third-order valence-corrected chi connectivity index (χ3v) is 3.35. The van der Waals surface area contributed by atoms with Gasteiger partial charge in [0.1, 0.15) is 5.75 Å². The van der Waals surface area contributed by atoms with Crippen LogP contribution in [0.4, 0.5) is 5.69 Å². The van der Waals surface area contributed by atoms with Crippen molar-refractivity contribution >= 4 is 23.2 Å². The standard InChI is InChI=1S/C14H16ClNO2/c1-18-13-8-7-11(9-12(13)15)16-14(17)10-5-3-2-4-6-10/h2-3,7-10H,4-6H2,1H3,(H,16,17)/t10-/m0/s1. The lowest BCUT2D eigenvalue weighted by molar-refractivity contribution is -0.120. The topological polar surface area (TPSA) is 38.3 Å². The number of anilines is 1. The van der Waals surface area contributed by atoms with E-state index in [-0.39, 0.29) is 11.8 Å². The molecule has 0 saturated heterocycles. The Morgan fingerprint density at radius 1 is 1.44 bits per heavy atom. The highest BCUT2D eigenvalue weighted by molar-refractivity contribution is 6.32. The summed E-state index contributed by atoms with van der Waals surface area (Å²) in [5, 5.41) is 3.39. The Kier molecular flexibility index (Phi) is 4.26. The lowest BCUT2D eigenvalue weighted by atomic mass is 9.93. The maximum atomic E-state index is 12.0. The number of ether oxygens (including phenoxy) is 1. The summed E-state index contributed by atoms with van der Waals surface area (Å²) in [6, 6.07) is 5.25. The Bertz CT molecular complexity index is 471. The van der Waals surface area contributed by atoms with Gasteiger partial charge in [0.05, 0.1) is 12.1 Å². The van der Waals surface area contributed by atoms with Crippen molar-refractivity contribution in [1.82, 2.24) is 0 Å². The average molecular weight is 266 g/mol. The van der Waals surface area contributed by atoms with Gasteiger partial charge in [-0.25, -0.2) is 0 Å². The zero-order chi connectivity index (χ0) is 13.0. The van der Waals surface area contributed by atoms with Crippen LogP contribution in [0.5, 0.6) is 5.75 Å². The highest BCUT2D eigenvalue weighted by atomic mass is 35.5. The zero-order valence-electron chi connectivity index (χ0n) is 10.3. The molecule has 0 heterocycles. The molecule has 4 heteroatoms. The fraction of sp³-hybridized carbons (Fsp3) is 0.357. The number of rotatable bonds is 3. The summed E-state index contributed by atoms with van der Waals surface area (Å²) in [7, 11) is 1.56. The van der Waals surface area contributed by atoms with Gasteiger partial charge in [-0.15, -0.1) is 0 Å². The molecule has 1 amide bonds. The van der Waals surface area contributed by atoms with Crippen LogP contribution in [0.2, 0.25) is 5.02 Å². The minimum atomic E-state index is 0.0561. The largest absolute Gasteiger partial charge is 0.495 e. The first kappa shape index (κ1) is 13.0. The van der Waals surface area contributed by atoms with E-state index in [1.165, 1.54) is 0 Å². The lowest BCUT2D eigenvalue weighted by Crippen LogP contribution is -2.23. The monoisotopic (exact) mass is 265 g/mol. The highest BCUT2D eigenvalue weighted by Crippen LogP contribution is 2.28. The SMILES string of the molecule is COc1ccc(NC(=O)[C@H]2CC=CCC2)cc1Cl. The molecule has 3 nitrogen and oxygen atoms in total. The van der Waals surface area contributed by atoms with Crippen molar-refractivity contribution in [2.75, 3.05) is 12.4 Å². The van der Waals surface area contributed by atoms with E-state index in [0.29, 0.717) is 16.5 Å². The van der Waals surface area contributed by atoms with Crippen LogP contribution in [-0.2, 0) is 4.79 Å². The van der Waals surface area contributed by atoms with Crippen molar-refractivity contribution in [3.63, 3.8) is 0 Å². The average Bonchev–Trinajstić information content (AvgIpc) is 2.40. The molecule has 2 rings (SSSR count). The van der Waals surface area contributed by atoms with Crippen molar-refractivity contribution < 1.29 is 9.53 Å². The second-order valence-corrected chi connectivity index (χ2v) is 4.73. The van der Waals surface area contributed by atoms with Gasteiger partial charge in [-0.3, -0.25) is 4.79 Å². The molecule has 96 valence electrons. The summed E-state index contributed by atoms with van der Waals surface area (Å²) in [5.74, 6) is 0.728. The van der Waals surface area contributed by atoms with Crippen molar-refractivity contribution in [2.45, 2.75) is 19.3 Å². The molecular weight excluding hydrogens is 250 g/mol. The molecule has 18 heavy (non-hydrogen) atoms. The Morgan fingerprint density at radius 2 is 2.28 bits per heavy atom. The zero-order valence-corrected chi connectivity index (χ0v) is 11.0. The second-order valence-electron chi connectivity index (χ2n) is 4.32. The highest BCUT2D eigenvalue weighted by Gasteiger charge is 2.18. The van der Waals surface area contributed by atoms with E-state index >= 15 is 0 Å². The van der Waals surface area contributed by atoms with Crippen molar-refractivity contribution in [2.24, 2.45) is 5.92 Å². The number of methoxy groups -OCH3 is 1. The third-order valence-electron chi connectivity index (χ3n) is 3.06. The van der Waals surface area contributed by atoms with Gasteiger partial charge >= 0.3 is 0 Å². The molecule has 0 aliphatic heterocycles. The second kappa shape index (κ2) is 5.91. The molecule has 0 fully saturated rings. The molecule has 0 saturated carbocycles. The summed E-state index contributed by atoms with van der Waals surface area (Å²) in [5.41, 5.74) is 0.709. The Balaban J connectivity index is 2.02. The van der Waals surface area contributed by atoms with Crippen LogP contribution in [0.3, 0.4) is 0 Å². The predicted molar refractivity (Wildman–Crippen MR) is 73.1 cm³/mol. The number of halogens is 1. The summed E-state index contributed by atoms with van der Waals surface area (Å²) < 4.78 is 5.07. The van der Waals surface area contributed by atoms with Crippen LogP contribution in [0.25, 0.3) is 0 Å². The number of amides is 1. The van der Waals surface area contributed by atoms with E-state index in [9.17, 15) is 4.79 Å². The number of benzene rings is 1. The van der Waals surface area contributed by atoms with Gasteiger partial charge in [0.2, 0.25) is 5.91 Å². The quantitative estimate of drug-likeness (QED) is 0.848. The molecule has 0 spiro atoms. The van der Waals surface area contributed by atoms with Gasteiger partial charge in [-0.1, -0.05) is 23.8 Å². The van der Waals surface area contributed by atoms with Gasteiger partial charge < -0.3 is 10.1 Å². The summed E-state index contributed by atoms with van der Waals surface area (Å²) in [6.45, 7) is 0. The third kappa shape index (κ3) is 3.05. The van der Waals surface area contributed by atoms with E-state index in [4.69, 9.17) is 16.3 Å². The van der Waals surface area contributed by atoms with Gasteiger partial charge in [0, 0.05) is 11.6 Å². The van der Waals surface area contributed by atoms with Crippen LogP contribution in [0.15, 0.2) is 30.4 Å². The van der Waals surface area contributed by atoms with Crippen LogP contribution in [-0.4, -0.2) is 13.0 Å². The number of carbonyl (C=O) groups is 1. The number of carbonyl (C=O) groups excluding carboxylic acids is 1. The first-order valence-corrected chi connectivity index (χ1v) is 6.38. The summed E-state index contributed by atoms with van der Waals surface area (Å²) >= 11 is 6.01. The van der Waals surface area contributed by atoms with E-state index in [1.807, 2.05) is 0 Å². The number of nitrogens with one attached hydrogen (secondary N) is 1. The molecule has 1 aliphatic carbocycles. The number of allylic oxidation sites excluding steroid dienone is 2. The Hall–Kier alpha value is -1.48. The maximum Gasteiger partial charge on any atom is 0.227 e. The smallest absolute Gasteiger partial charge is 0.227 e. The molecular formula is C14H16ClNO2. The first-order valence-electron chi connectivity index (χ1n) is 6.00. The minimum absolute atomic E-state index is 0.0561. The molecule has 1 aromatic carbocycles. The van der Waals surface area contributed by atoms with Crippen LogP contribution in [0, 0.1) is 5.92 Å². The molecule has 1 aromatic rings. The van der Waals surface area contributed by atoms with Crippen molar-refractivity contribution in [1.29, 1.82) is 0 Å². The Morgan fingerprint density at radius 3 is 2.89 bits per heavy atom. The minimum Gasteiger partial charge on any atom is -0.495 e. The molecule has 1 aliphatic rings. The normalized spacial score (nSPS) is 18.4. The van der Waals surface area contributed by atoms with E-state index in [1.54, 1.807) is 25.3 Å². The lowest BCUT2D eigenvalue weighted by Gasteiger charge is -2.17. The summed E-state index contributed by atoms with van der Waals surface area (Å²) in [4.78, 5) is 12.0. The molecule has 0 unspecified atom stereocenters. The van der Waals surface area contributed by atoms with E-state index < -0.39 is 0 Å². The fourth-order valence-corrected chi connectivity index (χ4v) is 2.28. The van der Waals surface area contributed by atoms with Gasteiger partial charge in [0.15, 0.2) is 0 Å². The van der Waals surface area contributed by atoms with Gasteiger partial charge in [-0.2, -0.15) is 0 Å². The van der Waals surface area contributed by atoms with Crippen LogP contribution in [0.1, 0.15) is 19.3 Å².